The Hall–Kier alpha value is -2.45. The Morgan fingerprint density at radius 3 is 2.74 bits per heavy atom. The van der Waals surface area contributed by atoms with Crippen molar-refractivity contribution in [3.63, 3.8) is 0 Å². The summed E-state index contributed by atoms with van der Waals surface area (Å²) in [7, 11) is 0. The SMILES string of the molecule is Cc1ccccc1CSc1nnc(NC(=O)[C@@H](C)Oc2ccccc2F)s1. The number of halogens is 1. The smallest absolute Gasteiger partial charge is 0.266 e. The average Bonchev–Trinajstić information content (AvgIpc) is 3.10. The van der Waals surface area contributed by atoms with Crippen LogP contribution >= 0.6 is 23.1 Å². The maximum Gasteiger partial charge on any atom is 0.266 e. The van der Waals surface area contributed by atoms with Gasteiger partial charge in [-0.05, 0) is 37.1 Å². The Bertz CT molecular complexity index is 933. The number of benzene rings is 2. The molecule has 0 aliphatic carbocycles. The molecule has 1 atom stereocenters. The van der Waals surface area contributed by atoms with Gasteiger partial charge >= 0.3 is 0 Å². The molecule has 0 saturated carbocycles. The van der Waals surface area contributed by atoms with Crippen molar-refractivity contribution >= 4 is 34.1 Å². The van der Waals surface area contributed by atoms with Crippen molar-refractivity contribution in [1.82, 2.24) is 10.2 Å². The number of nitrogens with one attached hydrogen (secondary N) is 1. The summed E-state index contributed by atoms with van der Waals surface area (Å²) in [4.78, 5) is 12.2. The van der Waals surface area contributed by atoms with Crippen LogP contribution in [0.4, 0.5) is 9.52 Å². The van der Waals surface area contributed by atoms with E-state index in [0.29, 0.717) is 5.13 Å². The van der Waals surface area contributed by atoms with Gasteiger partial charge in [0.15, 0.2) is 22.0 Å². The second-order valence-electron chi connectivity index (χ2n) is 5.77. The van der Waals surface area contributed by atoms with Crippen LogP contribution < -0.4 is 10.1 Å². The molecule has 27 heavy (non-hydrogen) atoms. The van der Waals surface area contributed by atoms with Gasteiger partial charge in [0.05, 0.1) is 0 Å². The monoisotopic (exact) mass is 403 g/mol. The van der Waals surface area contributed by atoms with Crippen molar-refractivity contribution in [2.75, 3.05) is 5.32 Å². The van der Waals surface area contributed by atoms with Crippen LogP contribution in [-0.2, 0) is 10.5 Å². The summed E-state index contributed by atoms with van der Waals surface area (Å²) in [5, 5.41) is 11.1. The van der Waals surface area contributed by atoms with Crippen LogP contribution in [-0.4, -0.2) is 22.2 Å². The largest absolute Gasteiger partial charge is 0.478 e. The van der Waals surface area contributed by atoms with Gasteiger partial charge in [-0.2, -0.15) is 0 Å². The van der Waals surface area contributed by atoms with Crippen LogP contribution in [0.5, 0.6) is 5.75 Å². The first-order chi connectivity index (χ1) is 13.0. The Balaban J connectivity index is 1.54. The zero-order chi connectivity index (χ0) is 19.2. The van der Waals surface area contributed by atoms with Gasteiger partial charge in [0.1, 0.15) is 0 Å². The van der Waals surface area contributed by atoms with E-state index in [9.17, 15) is 9.18 Å². The highest BCUT2D eigenvalue weighted by molar-refractivity contribution is 8.00. The summed E-state index contributed by atoms with van der Waals surface area (Å²) in [5.41, 5.74) is 2.46. The molecule has 3 aromatic rings. The molecule has 0 fully saturated rings. The third kappa shape index (κ3) is 5.27. The van der Waals surface area contributed by atoms with Crippen molar-refractivity contribution in [1.29, 1.82) is 0 Å². The molecule has 0 bridgehead atoms. The number of ether oxygens (including phenoxy) is 1. The topological polar surface area (TPSA) is 64.1 Å². The van der Waals surface area contributed by atoms with E-state index in [0.717, 1.165) is 10.1 Å². The number of anilines is 1. The fourth-order valence-corrected chi connectivity index (χ4v) is 4.05. The standard InChI is InChI=1S/C19H18FN3O2S2/c1-12-7-3-4-8-14(12)11-26-19-23-22-18(27-19)21-17(24)13(2)25-16-10-6-5-9-15(16)20/h3-10,13H,11H2,1-2H3,(H,21,22,24)/t13-/m1/s1. The number of rotatable bonds is 7. The maximum absolute atomic E-state index is 13.6. The molecule has 0 aliphatic rings. The van der Waals surface area contributed by atoms with Crippen LogP contribution in [0.15, 0.2) is 52.9 Å². The predicted octanol–water partition coefficient (Wildman–Crippen LogP) is 4.68. The predicted molar refractivity (Wildman–Crippen MR) is 106 cm³/mol. The molecule has 5 nitrogen and oxygen atoms in total. The van der Waals surface area contributed by atoms with Gasteiger partial charge < -0.3 is 4.74 Å². The summed E-state index contributed by atoms with van der Waals surface area (Å²) in [6, 6.07) is 14.1. The van der Waals surface area contributed by atoms with Gasteiger partial charge in [0, 0.05) is 5.75 Å². The molecule has 0 saturated heterocycles. The number of aryl methyl sites for hydroxylation is 1. The molecular formula is C19H18FN3O2S2. The number of aromatic nitrogens is 2. The first-order valence-corrected chi connectivity index (χ1v) is 10.1. The lowest BCUT2D eigenvalue weighted by atomic mass is 10.1. The van der Waals surface area contributed by atoms with Gasteiger partial charge in [-0.1, -0.05) is 59.5 Å². The number of para-hydroxylation sites is 1. The molecule has 1 aromatic heterocycles. The van der Waals surface area contributed by atoms with Crippen LogP contribution in [0, 0.1) is 12.7 Å². The Kier molecular flexibility index (Phi) is 6.41. The van der Waals surface area contributed by atoms with E-state index >= 15 is 0 Å². The Morgan fingerprint density at radius 2 is 1.96 bits per heavy atom. The van der Waals surface area contributed by atoms with Crippen molar-refractivity contribution in [3.8, 4) is 5.75 Å². The third-order valence-electron chi connectivity index (χ3n) is 3.76. The van der Waals surface area contributed by atoms with E-state index in [1.54, 1.807) is 30.8 Å². The first-order valence-electron chi connectivity index (χ1n) is 8.26. The van der Waals surface area contributed by atoms with Crippen LogP contribution in [0.2, 0.25) is 0 Å². The van der Waals surface area contributed by atoms with Gasteiger partial charge in [0.2, 0.25) is 5.13 Å². The normalized spacial score (nSPS) is 11.8. The molecular weight excluding hydrogens is 385 g/mol. The number of amides is 1. The summed E-state index contributed by atoms with van der Waals surface area (Å²) in [5.74, 6) is -0.109. The lowest BCUT2D eigenvalue weighted by Gasteiger charge is -2.13. The highest BCUT2D eigenvalue weighted by Crippen LogP contribution is 2.29. The minimum atomic E-state index is -0.867. The second kappa shape index (κ2) is 8.96. The number of carbonyl (C=O) groups excluding carboxylic acids is 1. The Labute approximate surface area is 165 Å². The third-order valence-corrected chi connectivity index (χ3v) is 5.78. The second-order valence-corrected chi connectivity index (χ2v) is 7.97. The highest BCUT2D eigenvalue weighted by Gasteiger charge is 2.18. The van der Waals surface area contributed by atoms with Crippen molar-refractivity contribution in [2.45, 2.75) is 30.0 Å². The van der Waals surface area contributed by atoms with E-state index in [1.807, 2.05) is 12.1 Å². The fourth-order valence-electron chi connectivity index (χ4n) is 2.22. The summed E-state index contributed by atoms with van der Waals surface area (Å²) in [6.07, 6.45) is -0.867. The van der Waals surface area contributed by atoms with E-state index in [-0.39, 0.29) is 5.75 Å². The molecule has 140 valence electrons. The minimum Gasteiger partial charge on any atom is -0.478 e. The van der Waals surface area contributed by atoms with Crippen LogP contribution in [0.25, 0.3) is 0 Å². The quantitative estimate of drug-likeness (QED) is 0.458. The molecule has 0 radical (unpaired) electrons. The zero-order valence-electron chi connectivity index (χ0n) is 14.8. The number of hydrogen-bond donors (Lipinski definition) is 1. The van der Waals surface area contributed by atoms with E-state index in [2.05, 4.69) is 34.6 Å². The molecule has 1 N–H and O–H groups in total. The van der Waals surface area contributed by atoms with Gasteiger partial charge in [-0.25, -0.2) is 4.39 Å². The molecule has 0 spiro atoms. The van der Waals surface area contributed by atoms with Gasteiger partial charge in [-0.15, -0.1) is 10.2 Å². The summed E-state index contributed by atoms with van der Waals surface area (Å²) >= 11 is 2.85. The highest BCUT2D eigenvalue weighted by atomic mass is 32.2. The molecule has 0 unspecified atom stereocenters. The van der Waals surface area contributed by atoms with Crippen molar-refractivity contribution in [3.05, 3.63) is 65.5 Å². The van der Waals surface area contributed by atoms with Crippen molar-refractivity contribution in [2.24, 2.45) is 0 Å². The van der Waals surface area contributed by atoms with Crippen LogP contribution in [0.1, 0.15) is 18.1 Å². The fraction of sp³-hybridized carbons (Fsp3) is 0.211. The number of carbonyl (C=O) groups is 1. The molecule has 3 rings (SSSR count). The van der Waals surface area contributed by atoms with E-state index in [1.165, 1.54) is 34.6 Å². The van der Waals surface area contributed by atoms with E-state index < -0.39 is 17.8 Å². The Morgan fingerprint density at radius 1 is 1.22 bits per heavy atom. The minimum absolute atomic E-state index is 0.0342. The number of hydrogen-bond acceptors (Lipinski definition) is 6. The average molecular weight is 404 g/mol. The zero-order valence-corrected chi connectivity index (χ0v) is 16.4. The number of nitrogens with zero attached hydrogens (tertiary/aromatic N) is 2. The lowest BCUT2D eigenvalue weighted by Crippen LogP contribution is -2.30. The maximum atomic E-state index is 13.6. The van der Waals surface area contributed by atoms with Crippen molar-refractivity contribution < 1.29 is 13.9 Å². The molecule has 1 amide bonds. The first kappa shape index (κ1) is 19.3. The molecule has 8 heteroatoms. The number of thioether (sulfide) groups is 1. The summed E-state index contributed by atoms with van der Waals surface area (Å²) < 4.78 is 19.7. The van der Waals surface area contributed by atoms with Gasteiger partial charge in [0.25, 0.3) is 5.91 Å². The molecule has 0 aliphatic heterocycles. The van der Waals surface area contributed by atoms with E-state index in [4.69, 9.17) is 4.74 Å². The van der Waals surface area contributed by atoms with Crippen LogP contribution in [0.3, 0.4) is 0 Å². The lowest BCUT2D eigenvalue weighted by molar-refractivity contribution is -0.122. The van der Waals surface area contributed by atoms with Gasteiger partial charge in [-0.3, -0.25) is 10.1 Å². The molecule has 1 heterocycles. The molecule has 2 aromatic carbocycles. The summed E-state index contributed by atoms with van der Waals surface area (Å²) in [6.45, 7) is 3.62.